The van der Waals surface area contributed by atoms with Gasteiger partial charge in [0.1, 0.15) is 91.6 Å². The minimum atomic E-state index is -1.80. The van der Waals surface area contributed by atoms with Gasteiger partial charge in [0, 0.05) is 0 Å². The number of hydrogen-bond acceptors (Lipinski definition) is 21. The van der Waals surface area contributed by atoms with E-state index in [1.807, 2.05) is 0 Å². The van der Waals surface area contributed by atoms with Crippen molar-refractivity contribution in [2.45, 2.75) is 123 Å². The Morgan fingerprint density at radius 1 is 0.435 bits per heavy atom. The maximum atomic E-state index is 10.6. The van der Waals surface area contributed by atoms with E-state index in [1.54, 1.807) is 0 Å². The Balaban J connectivity index is 1.45. The SMILES string of the molecule is OC[C@@H]1O[C@@H](OC2[C@H](O[C@@H]3CO[C@@H](O)C(O)[C@H]3O)OC[C@@H](O[C@@H]3OC[C@@H](O)[C@H](O)C3O)[C@@H]2O[C@@H]2O[C@@H](CO)[C@@H](O)C2O)C(O)[C@@H]1O. The second kappa shape index (κ2) is 15.4. The van der Waals surface area contributed by atoms with Crippen LogP contribution in [0.4, 0.5) is 0 Å². The van der Waals surface area contributed by atoms with Gasteiger partial charge in [-0.25, -0.2) is 0 Å². The molecule has 0 aromatic rings. The molecule has 21 nitrogen and oxygen atoms in total. The molecule has 268 valence electrons. The van der Waals surface area contributed by atoms with Crippen molar-refractivity contribution >= 4 is 0 Å². The summed E-state index contributed by atoms with van der Waals surface area (Å²) in [4.78, 5) is 0. The van der Waals surface area contributed by atoms with Crippen molar-refractivity contribution in [3.05, 3.63) is 0 Å². The van der Waals surface area contributed by atoms with E-state index in [-0.39, 0.29) is 0 Å². The molecule has 0 bridgehead atoms. The molecule has 5 fully saturated rings. The molecule has 5 heterocycles. The third-order valence-electron chi connectivity index (χ3n) is 8.49. The number of ether oxygens (including phenoxy) is 9. The van der Waals surface area contributed by atoms with Crippen LogP contribution in [0.25, 0.3) is 0 Å². The van der Waals surface area contributed by atoms with Gasteiger partial charge in [0.15, 0.2) is 31.5 Å². The summed E-state index contributed by atoms with van der Waals surface area (Å²) < 4.78 is 50.7. The first-order valence-electron chi connectivity index (χ1n) is 14.7. The lowest BCUT2D eigenvalue weighted by molar-refractivity contribution is -0.379. The summed E-state index contributed by atoms with van der Waals surface area (Å²) in [6, 6.07) is 0. The lowest BCUT2D eigenvalue weighted by atomic mass is 10.0. The predicted octanol–water partition coefficient (Wildman–Crippen LogP) is -8.73. The fourth-order valence-corrected chi connectivity index (χ4v) is 5.69. The highest BCUT2D eigenvalue weighted by molar-refractivity contribution is 4.96. The van der Waals surface area contributed by atoms with Gasteiger partial charge in [0.05, 0.1) is 33.0 Å². The van der Waals surface area contributed by atoms with Gasteiger partial charge in [-0.05, 0) is 0 Å². The van der Waals surface area contributed by atoms with Crippen molar-refractivity contribution in [2.24, 2.45) is 0 Å². The molecule has 0 aromatic heterocycles. The maximum absolute atomic E-state index is 10.6. The lowest BCUT2D eigenvalue weighted by Gasteiger charge is -2.47. The van der Waals surface area contributed by atoms with Crippen molar-refractivity contribution in [1.29, 1.82) is 0 Å². The highest BCUT2D eigenvalue weighted by atomic mass is 16.8. The average Bonchev–Trinajstić information content (AvgIpc) is 3.48. The highest BCUT2D eigenvalue weighted by Crippen LogP contribution is 2.35. The molecule has 46 heavy (non-hydrogen) atoms. The Bertz CT molecular complexity index is 891. The molecule has 12 N–H and O–H groups in total. The molecule has 5 saturated heterocycles. The average molecular weight is 679 g/mol. The zero-order chi connectivity index (χ0) is 33.4. The standard InChI is InChI=1S/C25H42O21/c26-1-7-12(30)17(35)23(41-7)45-19-10(44-22-16(34)11(29)6(28)3-39-22)5-40-25(43-9-4-38-21(37)15(33)14(9)32)20(19)46-24-18(36)13(31)8(2-27)42-24/h6-37H,1-5H2/t6-,7+,8+,9-,10-,11+,12-,13-,14+,15?,16?,17?,18?,19+,20?,21-,22+,23+,24+,25+/m1/s1. The Kier molecular flexibility index (Phi) is 12.2. The summed E-state index contributed by atoms with van der Waals surface area (Å²) in [5.41, 5.74) is 0. The zero-order valence-corrected chi connectivity index (χ0v) is 24.1. The van der Waals surface area contributed by atoms with Gasteiger partial charge >= 0.3 is 0 Å². The molecule has 5 aliphatic heterocycles. The van der Waals surface area contributed by atoms with E-state index < -0.39 is 156 Å². The normalized spacial score (nSPS) is 53.5. The first-order valence-corrected chi connectivity index (χ1v) is 14.7. The number of aliphatic hydroxyl groups excluding tert-OH is 12. The molecular formula is C25H42O21. The Morgan fingerprint density at radius 3 is 1.50 bits per heavy atom. The molecule has 20 atom stereocenters. The van der Waals surface area contributed by atoms with Gasteiger partial charge in [0.2, 0.25) is 0 Å². The molecule has 0 aromatic carbocycles. The summed E-state index contributed by atoms with van der Waals surface area (Å²) in [7, 11) is 0. The van der Waals surface area contributed by atoms with Crippen LogP contribution < -0.4 is 0 Å². The predicted molar refractivity (Wildman–Crippen MR) is 136 cm³/mol. The van der Waals surface area contributed by atoms with E-state index in [2.05, 4.69) is 0 Å². The van der Waals surface area contributed by atoms with Crippen LogP contribution in [-0.4, -0.2) is 217 Å². The van der Waals surface area contributed by atoms with Crippen molar-refractivity contribution in [2.75, 3.05) is 33.0 Å². The quantitative estimate of drug-likeness (QED) is 0.102. The van der Waals surface area contributed by atoms with E-state index in [4.69, 9.17) is 42.6 Å². The Morgan fingerprint density at radius 2 is 0.935 bits per heavy atom. The summed E-state index contributed by atoms with van der Waals surface area (Å²) in [6.45, 7) is -2.83. The largest absolute Gasteiger partial charge is 0.394 e. The molecule has 0 aliphatic carbocycles. The summed E-state index contributed by atoms with van der Waals surface area (Å²) in [6.07, 6.45) is -32.1. The van der Waals surface area contributed by atoms with Crippen LogP contribution in [0, 0.1) is 0 Å². The fraction of sp³-hybridized carbons (Fsp3) is 1.00. The third kappa shape index (κ3) is 7.35. The minimum absolute atomic E-state index is 0.446. The molecular weight excluding hydrogens is 636 g/mol. The van der Waals surface area contributed by atoms with Crippen LogP contribution in [0.5, 0.6) is 0 Å². The van der Waals surface area contributed by atoms with Gasteiger partial charge < -0.3 is 104 Å². The fourth-order valence-electron chi connectivity index (χ4n) is 5.69. The van der Waals surface area contributed by atoms with Gasteiger partial charge in [-0.15, -0.1) is 0 Å². The molecule has 0 spiro atoms. The van der Waals surface area contributed by atoms with E-state index in [9.17, 15) is 61.3 Å². The summed E-state index contributed by atoms with van der Waals surface area (Å²) >= 11 is 0. The maximum Gasteiger partial charge on any atom is 0.187 e. The van der Waals surface area contributed by atoms with Crippen LogP contribution in [0.2, 0.25) is 0 Å². The number of hydrogen-bond donors (Lipinski definition) is 12. The highest BCUT2D eigenvalue weighted by Gasteiger charge is 2.55. The second-order valence-electron chi connectivity index (χ2n) is 11.6. The van der Waals surface area contributed by atoms with Crippen molar-refractivity contribution in [1.82, 2.24) is 0 Å². The van der Waals surface area contributed by atoms with E-state index in [0.717, 1.165) is 0 Å². The first-order chi connectivity index (χ1) is 21.9. The smallest absolute Gasteiger partial charge is 0.187 e. The molecule has 0 amide bonds. The van der Waals surface area contributed by atoms with E-state index >= 15 is 0 Å². The monoisotopic (exact) mass is 678 g/mol. The van der Waals surface area contributed by atoms with Crippen LogP contribution >= 0.6 is 0 Å². The first kappa shape index (κ1) is 36.4. The van der Waals surface area contributed by atoms with Gasteiger partial charge in [-0.3, -0.25) is 0 Å². The zero-order valence-electron chi connectivity index (χ0n) is 24.1. The van der Waals surface area contributed by atoms with E-state index in [0.29, 0.717) is 0 Å². The van der Waals surface area contributed by atoms with Crippen molar-refractivity contribution < 1.29 is 104 Å². The Hall–Kier alpha value is -0.840. The second-order valence-corrected chi connectivity index (χ2v) is 11.6. The van der Waals surface area contributed by atoms with Crippen LogP contribution in [0.15, 0.2) is 0 Å². The Labute approximate surface area is 260 Å². The van der Waals surface area contributed by atoms with Crippen LogP contribution in [-0.2, 0) is 42.6 Å². The molecule has 5 rings (SSSR count). The van der Waals surface area contributed by atoms with E-state index in [1.165, 1.54) is 0 Å². The topological polar surface area (TPSA) is 326 Å². The molecule has 5 unspecified atom stereocenters. The molecule has 21 heteroatoms. The van der Waals surface area contributed by atoms with Crippen LogP contribution in [0.3, 0.4) is 0 Å². The molecule has 0 saturated carbocycles. The van der Waals surface area contributed by atoms with Crippen molar-refractivity contribution in [3.63, 3.8) is 0 Å². The van der Waals surface area contributed by atoms with Gasteiger partial charge in [-0.1, -0.05) is 0 Å². The lowest BCUT2D eigenvalue weighted by Crippen LogP contribution is -2.64. The van der Waals surface area contributed by atoms with Crippen molar-refractivity contribution in [3.8, 4) is 0 Å². The molecule has 0 radical (unpaired) electrons. The molecule has 5 aliphatic rings. The minimum Gasteiger partial charge on any atom is -0.394 e. The summed E-state index contributed by atoms with van der Waals surface area (Å²) in [5, 5.41) is 122. The number of rotatable bonds is 10. The number of aliphatic hydroxyl groups is 12. The van der Waals surface area contributed by atoms with Crippen LogP contribution in [0.1, 0.15) is 0 Å². The summed E-state index contributed by atoms with van der Waals surface area (Å²) in [5.74, 6) is 0. The van der Waals surface area contributed by atoms with Gasteiger partial charge in [0.25, 0.3) is 0 Å². The third-order valence-corrected chi connectivity index (χ3v) is 8.49. The van der Waals surface area contributed by atoms with Gasteiger partial charge in [-0.2, -0.15) is 0 Å².